The van der Waals surface area contributed by atoms with Crippen molar-refractivity contribution in [1.82, 2.24) is 9.47 Å². The summed E-state index contributed by atoms with van der Waals surface area (Å²) < 4.78 is 1.59. The largest absolute Gasteiger partial charge is 0.480 e. The molecule has 9 nitrogen and oxygen atoms in total. The minimum atomic E-state index is -1.24. The number of rotatable bonds is 7. The van der Waals surface area contributed by atoms with Crippen molar-refractivity contribution < 1.29 is 24.6 Å². The minimum absolute atomic E-state index is 0.0442. The summed E-state index contributed by atoms with van der Waals surface area (Å²) >= 11 is 8.71. The molecule has 1 aromatic heterocycles. The number of thioether (sulfide) groups is 2. The quantitative estimate of drug-likeness (QED) is 0.465. The predicted molar refractivity (Wildman–Crippen MR) is 155 cm³/mol. The van der Waals surface area contributed by atoms with Crippen molar-refractivity contribution in [2.24, 2.45) is 0 Å². The van der Waals surface area contributed by atoms with E-state index in [2.05, 4.69) is 37.8 Å². The maximum Gasteiger partial charge on any atom is 0.323 e. The third-order valence-electron chi connectivity index (χ3n) is 6.15. The van der Waals surface area contributed by atoms with Gasteiger partial charge in [-0.25, -0.2) is 0 Å². The van der Waals surface area contributed by atoms with Gasteiger partial charge in [0.25, 0.3) is 11.5 Å². The molecule has 13 heteroatoms. The van der Waals surface area contributed by atoms with Crippen molar-refractivity contribution in [3.05, 3.63) is 53.9 Å². The molecule has 0 unspecified atom stereocenters. The Balaban J connectivity index is 1.93. The molecule has 1 amide bonds. The number of hydrogen-bond donors (Lipinski definition) is 2. The van der Waals surface area contributed by atoms with Crippen LogP contribution in [0.1, 0.15) is 31.4 Å². The number of aryl methyl sites for hydroxylation is 2. The molecule has 3 heterocycles. The van der Waals surface area contributed by atoms with Gasteiger partial charge in [-0.1, -0.05) is 42.7 Å². The molecule has 2 N–H and O–H groups in total. The van der Waals surface area contributed by atoms with E-state index in [-0.39, 0.29) is 13.9 Å². The van der Waals surface area contributed by atoms with Gasteiger partial charge in [-0.3, -0.25) is 28.6 Å². The van der Waals surface area contributed by atoms with Gasteiger partial charge >= 0.3 is 11.9 Å². The number of fused-ring (bicyclic) bond motifs is 1. The molecule has 0 radical (unpaired) electrons. The van der Waals surface area contributed by atoms with Gasteiger partial charge in [-0.2, -0.15) is 0 Å². The van der Waals surface area contributed by atoms with E-state index in [1.165, 1.54) is 11.1 Å². The van der Waals surface area contributed by atoms with Crippen molar-refractivity contribution in [1.29, 1.82) is 0 Å². The van der Waals surface area contributed by atoms with Gasteiger partial charge in [-0.15, -0.1) is 11.3 Å². The van der Waals surface area contributed by atoms with Crippen LogP contribution in [0.4, 0.5) is 5.69 Å². The second-order valence-electron chi connectivity index (χ2n) is 8.62. The van der Waals surface area contributed by atoms with E-state index in [0.717, 1.165) is 54.7 Å². The molecule has 2 aromatic rings. The summed E-state index contributed by atoms with van der Waals surface area (Å²) in [6, 6.07) is 4.31. The van der Waals surface area contributed by atoms with E-state index in [9.17, 15) is 24.3 Å². The molecule has 0 aliphatic carbocycles. The number of carbonyl (C=O) groups is 3. The van der Waals surface area contributed by atoms with Crippen LogP contribution in [0.15, 0.2) is 32.9 Å². The van der Waals surface area contributed by atoms with Crippen LogP contribution in [-0.4, -0.2) is 54.9 Å². The maximum atomic E-state index is 13.5. The van der Waals surface area contributed by atoms with Crippen molar-refractivity contribution in [2.75, 3.05) is 18.0 Å². The topological polar surface area (TPSA) is 120 Å². The molecule has 1 fully saturated rings. The lowest BCUT2D eigenvalue weighted by Gasteiger charge is -2.19. The number of carboxylic acid groups (broad SMARTS) is 2. The zero-order chi connectivity index (χ0) is 27.9. The Morgan fingerprint density at radius 3 is 2.26 bits per heavy atom. The summed E-state index contributed by atoms with van der Waals surface area (Å²) in [5.74, 6) is -3.12. The number of anilines is 1. The first-order valence-corrected chi connectivity index (χ1v) is 14.5. The lowest BCUT2D eigenvalue weighted by Crippen LogP contribution is -2.37. The van der Waals surface area contributed by atoms with Gasteiger partial charge < -0.3 is 15.1 Å². The average Bonchev–Trinajstić information content (AvgIpc) is 3.44. The van der Waals surface area contributed by atoms with Crippen molar-refractivity contribution in [3.8, 4) is 0 Å². The summed E-state index contributed by atoms with van der Waals surface area (Å²) in [6.07, 6.45) is 2.45. The van der Waals surface area contributed by atoms with Crippen molar-refractivity contribution in [2.45, 2.75) is 45.6 Å². The summed E-state index contributed by atoms with van der Waals surface area (Å²) in [4.78, 5) is 53.7. The third kappa shape index (κ3) is 5.20. The zero-order valence-electron chi connectivity index (χ0n) is 21.1. The molecule has 0 saturated carbocycles. The number of amides is 1. The molecule has 1 aromatic carbocycles. The standard InChI is InChI=1S/C25H25N3O6S4/c1-5-14(9-17-26(6-2)15-7-12(3)13(4)8-16(15)36-17)20-22(33)27(10-18(29)30)24(37-20)21-23(34)28(11-19(31)32)25(35)38-21/h7-9H,5-6,10-11H2,1-4H3,(H,29,30)(H,31,32)/b17-9-,20-14+,24-21+. The molecule has 2 aliphatic rings. The van der Waals surface area contributed by atoms with E-state index in [4.69, 9.17) is 17.3 Å². The fraction of sp³-hybridized carbons (Fsp3) is 0.320. The van der Waals surface area contributed by atoms with Crippen LogP contribution in [0.2, 0.25) is 0 Å². The molecule has 1 saturated heterocycles. The molecule has 2 aliphatic heterocycles. The third-order valence-corrected chi connectivity index (χ3v) is 10.1. The Morgan fingerprint density at radius 2 is 1.66 bits per heavy atom. The monoisotopic (exact) mass is 591 g/mol. The number of aromatic nitrogens is 1. The van der Waals surface area contributed by atoms with Crippen molar-refractivity contribution >= 4 is 85.4 Å². The number of allylic oxidation sites excluding steroid dienone is 1. The molecule has 4 rings (SSSR count). The maximum absolute atomic E-state index is 13.5. The highest BCUT2D eigenvalue weighted by atomic mass is 32.2. The number of nitrogens with zero attached hydrogens (tertiary/aromatic N) is 3. The molecule has 38 heavy (non-hydrogen) atoms. The van der Waals surface area contributed by atoms with Crippen LogP contribution < -0.4 is 19.7 Å². The lowest BCUT2D eigenvalue weighted by atomic mass is 10.1. The zero-order valence-corrected chi connectivity index (χ0v) is 24.3. The fourth-order valence-corrected chi connectivity index (χ4v) is 8.03. The first-order chi connectivity index (χ1) is 18.0. The number of hydrogen-bond acceptors (Lipinski definition) is 9. The van der Waals surface area contributed by atoms with Gasteiger partial charge in [0.2, 0.25) is 0 Å². The van der Waals surface area contributed by atoms with Gasteiger partial charge in [-0.05, 0) is 62.1 Å². The molecular weight excluding hydrogens is 567 g/mol. The van der Waals surface area contributed by atoms with Gasteiger partial charge in [0.1, 0.15) is 27.0 Å². The Hall–Kier alpha value is -2.87. The molecule has 0 atom stereocenters. The van der Waals surface area contributed by atoms with E-state index >= 15 is 0 Å². The SMILES string of the molecule is CCC(/C=C1\Sc2cc(C)c(C)cc2N1CC)=c1\s/c(=C2/SC(=S)N(CC(=O)O)C2=O)n(CC(=O)O)c1=O. The Bertz CT molecular complexity index is 1600. The number of carbonyl (C=O) groups excluding carboxylic acids is 1. The predicted octanol–water partition coefficient (Wildman–Crippen LogP) is 2.70. The number of thiocarbonyl (C=S) groups is 1. The highest BCUT2D eigenvalue weighted by Crippen LogP contribution is 2.47. The molecule has 0 bridgehead atoms. The smallest absolute Gasteiger partial charge is 0.323 e. The Morgan fingerprint density at radius 1 is 1.00 bits per heavy atom. The van der Waals surface area contributed by atoms with E-state index in [1.54, 1.807) is 11.8 Å². The highest BCUT2D eigenvalue weighted by molar-refractivity contribution is 8.30. The van der Waals surface area contributed by atoms with Gasteiger partial charge in [0.05, 0.1) is 15.2 Å². The number of aliphatic carboxylic acids is 2. The summed E-state index contributed by atoms with van der Waals surface area (Å²) in [5, 5.41) is 19.6. The van der Waals surface area contributed by atoms with Crippen LogP contribution >= 0.6 is 47.1 Å². The van der Waals surface area contributed by atoms with Crippen LogP contribution in [0.5, 0.6) is 0 Å². The van der Waals surface area contributed by atoms with Crippen LogP contribution in [-0.2, 0) is 20.9 Å². The molecule has 0 spiro atoms. The number of thiazole rings is 1. The lowest BCUT2D eigenvalue weighted by molar-refractivity contribution is -0.140. The minimum Gasteiger partial charge on any atom is -0.480 e. The average molecular weight is 592 g/mol. The normalized spacial score (nSPS) is 18.5. The van der Waals surface area contributed by atoms with Crippen LogP contribution in [0.25, 0.3) is 10.5 Å². The summed E-state index contributed by atoms with van der Waals surface area (Å²) in [5.41, 5.74) is 3.69. The second-order valence-corrected chi connectivity index (χ2v) is 12.3. The highest BCUT2D eigenvalue weighted by Gasteiger charge is 2.35. The Kier molecular flexibility index (Phi) is 8.21. The van der Waals surface area contributed by atoms with E-state index in [1.807, 2.05) is 13.0 Å². The summed E-state index contributed by atoms with van der Waals surface area (Å²) in [7, 11) is 0. The van der Waals surface area contributed by atoms with Crippen LogP contribution in [0.3, 0.4) is 0 Å². The van der Waals surface area contributed by atoms with Crippen LogP contribution in [0, 0.1) is 13.8 Å². The van der Waals surface area contributed by atoms with E-state index < -0.39 is 36.5 Å². The van der Waals surface area contributed by atoms with Crippen molar-refractivity contribution in [3.63, 3.8) is 0 Å². The summed E-state index contributed by atoms with van der Waals surface area (Å²) in [6.45, 7) is 7.58. The fourth-order valence-electron chi connectivity index (χ4n) is 4.12. The molecule has 200 valence electrons. The number of benzene rings is 1. The van der Waals surface area contributed by atoms with Gasteiger partial charge in [0.15, 0.2) is 0 Å². The Labute approximate surface area is 236 Å². The number of carboxylic acids is 2. The first-order valence-electron chi connectivity index (χ1n) is 11.7. The second kappa shape index (κ2) is 11.1. The van der Waals surface area contributed by atoms with Gasteiger partial charge in [0, 0.05) is 11.4 Å². The molecular formula is C25H25N3O6S4. The van der Waals surface area contributed by atoms with E-state index in [0.29, 0.717) is 16.5 Å². The first kappa shape index (κ1) is 28.1.